The maximum Gasteiger partial charge on any atom is 0.416 e. The molecule has 232 valence electrons. The first kappa shape index (κ1) is 31.7. The number of fused-ring (bicyclic) bond motifs is 1. The molecule has 5 rings (SSSR count). The van der Waals surface area contributed by atoms with Crippen molar-refractivity contribution in [3.05, 3.63) is 64.2 Å². The molecule has 0 aliphatic carbocycles. The van der Waals surface area contributed by atoms with Gasteiger partial charge in [0.1, 0.15) is 18.0 Å². The number of amides is 1. The van der Waals surface area contributed by atoms with Crippen LogP contribution in [0.1, 0.15) is 65.1 Å². The Morgan fingerprint density at radius 3 is 2.63 bits per heavy atom. The molecule has 43 heavy (non-hydrogen) atoms. The number of hydrogen-bond acceptors (Lipinski definition) is 7. The summed E-state index contributed by atoms with van der Waals surface area (Å²) in [5, 5.41) is 19.3. The molecule has 13 heteroatoms. The van der Waals surface area contributed by atoms with E-state index in [-0.39, 0.29) is 42.4 Å². The first-order chi connectivity index (χ1) is 20.5. The van der Waals surface area contributed by atoms with Crippen LogP contribution in [0, 0.1) is 5.92 Å². The number of benzene rings is 1. The van der Waals surface area contributed by atoms with E-state index in [9.17, 15) is 23.1 Å². The molecule has 2 atom stereocenters. The van der Waals surface area contributed by atoms with E-state index in [1.54, 1.807) is 30.1 Å². The molecule has 1 saturated heterocycles. The fourth-order valence-electron chi connectivity index (χ4n) is 6.03. The second kappa shape index (κ2) is 12.7. The highest BCUT2D eigenvalue weighted by atomic mass is 35.5. The van der Waals surface area contributed by atoms with E-state index in [1.165, 1.54) is 22.7 Å². The van der Waals surface area contributed by atoms with Crippen LogP contribution in [0.3, 0.4) is 0 Å². The third kappa shape index (κ3) is 6.57. The average Bonchev–Trinajstić information content (AvgIpc) is 3.52. The zero-order chi connectivity index (χ0) is 30.9. The van der Waals surface area contributed by atoms with E-state index in [0.717, 1.165) is 25.9 Å². The van der Waals surface area contributed by atoms with Crippen molar-refractivity contribution in [3.8, 4) is 0 Å². The first-order valence-corrected chi connectivity index (χ1v) is 15.9. The number of nitrogens with zero attached hydrogens (tertiary/aromatic N) is 6. The Kier molecular flexibility index (Phi) is 9.41. The monoisotopic (exact) mass is 636 g/mol. The Morgan fingerprint density at radius 2 is 2.00 bits per heavy atom. The van der Waals surface area contributed by atoms with Gasteiger partial charge in [-0.1, -0.05) is 13.8 Å². The van der Waals surface area contributed by atoms with Gasteiger partial charge < -0.3 is 9.67 Å². The number of rotatable bonds is 10. The van der Waals surface area contributed by atoms with E-state index in [2.05, 4.69) is 27.0 Å². The highest BCUT2D eigenvalue weighted by Gasteiger charge is 2.42. The van der Waals surface area contributed by atoms with Crippen molar-refractivity contribution in [1.82, 2.24) is 24.6 Å². The Balaban J connectivity index is 1.54. The van der Waals surface area contributed by atoms with E-state index in [4.69, 9.17) is 11.6 Å². The minimum Gasteiger partial charge on any atom is -0.395 e. The number of hydrogen-bond donors (Lipinski definition) is 1. The van der Waals surface area contributed by atoms with Crippen LogP contribution in [0.25, 0.3) is 0 Å². The number of alkyl halides is 4. The summed E-state index contributed by atoms with van der Waals surface area (Å²) in [6, 6.07) is 6.28. The Bertz CT molecular complexity index is 1480. The molecule has 1 N–H and O–H groups in total. The normalized spacial score (nSPS) is 19.1. The van der Waals surface area contributed by atoms with Gasteiger partial charge in [0.15, 0.2) is 0 Å². The third-order valence-electron chi connectivity index (χ3n) is 8.38. The zero-order valence-corrected chi connectivity index (χ0v) is 26.1. The van der Waals surface area contributed by atoms with E-state index >= 15 is 0 Å². The van der Waals surface area contributed by atoms with Gasteiger partial charge in [0, 0.05) is 43.4 Å². The molecule has 0 spiro atoms. The summed E-state index contributed by atoms with van der Waals surface area (Å²) in [5.74, 6) is 1.48. The number of carbonyl (C=O) groups excluding carboxylic acids is 1. The quantitative estimate of drug-likeness (QED) is 0.234. The minimum atomic E-state index is -4.62. The predicted molar refractivity (Wildman–Crippen MR) is 160 cm³/mol. The molecule has 2 aromatic heterocycles. The number of carbonyl (C=O) groups is 1. The standard InChI is InChI=1S/C30H36ClF3N6O2S/c1-4-43-27-11-21(29(16-31,17-41)12-26-37-35-18-38(26)3)10-25(36-27)40-15-23-22(28(40)42)8-20(9-24(23)30(32,33)34)14-39-7-5-6-19(2)13-39/h8-11,18-19,41H,4-7,12-17H2,1-3H3. The number of likely N-dealkylation sites (tertiary alicyclic amines) is 1. The van der Waals surface area contributed by atoms with Crippen molar-refractivity contribution in [1.29, 1.82) is 0 Å². The molecule has 3 aromatic rings. The summed E-state index contributed by atoms with van der Waals surface area (Å²) in [6.45, 7) is 5.51. The molecular weight excluding hydrogens is 601 g/mol. The van der Waals surface area contributed by atoms with Crippen LogP contribution >= 0.6 is 23.4 Å². The summed E-state index contributed by atoms with van der Waals surface area (Å²) < 4.78 is 44.9. The Hall–Kier alpha value is -2.67. The van der Waals surface area contributed by atoms with Gasteiger partial charge >= 0.3 is 6.18 Å². The summed E-state index contributed by atoms with van der Waals surface area (Å²) in [6.07, 6.45) is -0.703. The second-order valence-corrected chi connectivity index (χ2v) is 13.2. The average molecular weight is 637 g/mol. The molecule has 0 radical (unpaired) electrons. The van der Waals surface area contributed by atoms with E-state index in [0.29, 0.717) is 40.2 Å². The largest absolute Gasteiger partial charge is 0.416 e. The summed E-state index contributed by atoms with van der Waals surface area (Å²) in [5.41, 5.74) is -0.674. The predicted octanol–water partition coefficient (Wildman–Crippen LogP) is 5.44. The summed E-state index contributed by atoms with van der Waals surface area (Å²) in [7, 11) is 1.79. The van der Waals surface area contributed by atoms with Gasteiger partial charge in [0.05, 0.1) is 23.7 Å². The van der Waals surface area contributed by atoms with Gasteiger partial charge in [-0.05, 0) is 72.0 Å². The molecule has 8 nitrogen and oxygen atoms in total. The third-order valence-corrected chi connectivity index (χ3v) is 9.69. The molecule has 1 fully saturated rings. The fourth-order valence-corrected chi connectivity index (χ4v) is 7.03. The molecule has 4 heterocycles. The number of aryl methyl sites for hydroxylation is 1. The van der Waals surface area contributed by atoms with E-state index in [1.807, 2.05) is 13.0 Å². The summed E-state index contributed by atoms with van der Waals surface area (Å²) >= 11 is 7.93. The number of aromatic nitrogens is 4. The molecular formula is C30H36ClF3N6O2S. The number of aliphatic hydroxyl groups is 1. The molecule has 2 unspecified atom stereocenters. The Labute approximate surface area is 258 Å². The Morgan fingerprint density at radius 1 is 1.21 bits per heavy atom. The summed E-state index contributed by atoms with van der Waals surface area (Å²) in [4.78, 5) is 22.0. The maximum atomic E-state index is 14.4. The minimum absolute atomic E-state index is 0.0287. The topological polar surface area (TPSA) is 87.4 Å². The SMILES string of the molecule is CCSc1cc(C(CO)(CCl)Cc2nncn2C)cc(N2Cc3c(cc(CN4CCCC(C)C4)cc3C(F)(F)F)C2=O)n1. The van der Waals surface area contributed by atoms with Crippen LogP contribution in [0.4, 0.5) is 19.0 Å². The van der Waals surface area contributed by atoms with Gasteiger partial charge in [0.25, 0.3) is 5.91 Å². The van der Waals surface area contributed by atoms with Gasteiger partial charge in [0.2, 0.25) is 0 Å². The molecule has 0 bridgehead atoms. The smallest absolute Gasteiger partial charge is 0.395 e. The molecule has 1 aromatic carbocycles. The van der Waals surface area contributed by atoms with Crippen molar-refractivity contribution >= 4 is 35.1 Å². The van der Waals surface area contributed by atoms with Crippen LogP contribution in [0.2, 0.25) is 0 Å². The number of pyridine rings is 1. The zero-order valence-electron chi connectivity index (χ0n) is 24.5. The van der Waals surface area contributed by atoms with Crippen molar-refractivity contribution in [2.75, 3.05) is 36.2 Å². The van der Waals surface area contributed by atoms with Crippen LogP contribution in [-0.4, -0.2) is 67.0 Å². The first-order valence-electron chi connectivity index (χ1n) is 14.4. The second-order valence-electron chi connectivity index (χ2n) is 11.6. The highest BCUT2D eigenvalue weighted by Crippen LogP contribution is 2.41. The molecule has 0 saturated carbocycles. The van der Waals surface area contributed by atoms with Gasteiger partial charge in [-0.15, -0.1) is 33.6 Å². The lowest BCUT2D eigenvalue weighted by Crippen LogP contribution is -2.37. The van der Waals surface area contributed by atoms with Crippen LogP contribution in [0.5, 0.6) is 0 Å². The lowest BCUT2D eigenvalue weighted by atomic mass is 9.80. The fraction of sp³-hybridized carbons (Fsp3) is 0.533. The van der Waals surface area contributed by atoms with Gasteiger partial charge in [-0.3, -0.25) is 14.6 Å². The van der Waals surface area contributed by atoms with Gasteiger partial charge in [-0.2, -0.15) is 13.2 Å². The number of piperidine rings is 1. The van der Waals surface area contributed by atoms with Crippen molar-refractivity contribution < 1.29 is 23.1 Å². The number of aliphatic hydroxyl groups excluding tert-OH is 1. The van der Waals surface area contributed by atoms with Crippen LogP contribution in [0.15, 0.2) is 35.6 Å². The van der Waals surface area contributed by atoms with Gasteiger partial charge in [-0.25, -0.2) is 4.98 Å². The number of thioether (sulfide) groups is 1. The maximum absolute atomic E-state index is 14.4. The van der Waals surface area contributed by atoms with E-state index < -0.39 is 23.1 Å². The molecule has 2 aliphatic heterocycles. The van der Waals surface area contributed by atoms with Crippen molar-refractivity contribution in [3.63, 3.8) is 0 Å². The highest BCUT2D eigenvalue weighted by molar-refractivity contribution is 7.99. The molecule has 2 aliphatic rings. The lowest BCUT2D eigenvalue weighted by Gasteiger charge is -2.31. The number of anilines is 1. The molecule has 1 amide bonds. The lowest BCUT2D eigenvalue weighted by molar-refractivity contribution is -0.138. The van der Waals surface area contributed by atoms with Crippen LogP contribution < -0.4 is 4.90 Å². The van der Waals surface area contributed by atoms with Crippen LogP contribution in [-0.2, 0) is 38.1 Å². The van der Waals surface area contributed by atoms with Crippen molar-refractivity contribution in [2.45, 2.75) is 62.8 Å². The van der Waals surface area contributed by atoms with Crippen molar-refractivity contribution in [2.24, 2.45) is 13.0 Å². The number of halogens is 4.